The SMILES string of the molecule is C#C/C(O)=C\C=C(/C)C(C)(C)c1ccc2c(c1)Cc1cc(C(C)(C)c3ccc(OC(=O)C(C)(C)CC)cc3)ccc1O2. The molecule has 4 rings (SSSR count). The molecule has 0 radical (unpaired) electrons. The van der Waals surface area contributed by atoms with Gasteiger partial charge in [-0.15, -0.1) is 6.42 Å². The van der Waals surface area contributed by atoms with E-state index in [1.165, 1.54) is 5.56 Å². The van der Waals surface area contributed by atoms with Crippen LogP contribution in [-0.4, -0.2) is 11.1 Å². The van der Waals surface area contributed by atoms with E-state index >= 15 is 0 Å². The summed E-state index contributed by atoms with van der Waals surface area (Å²) in [5.41, 5.74) is 5.78. The van der Waals surface area contributed by atoms with Crippen LogP contribution in [0.25, 0.3) is 0 Å². The van der Waals surface area contributed by atoms with E-state index in [4.69, 9.17) is 15.9 Å². The summed E-state index contributed by atoms with van der Waals surface area (Å²) in [5, 5.41) is 9.67. The maximum atomic E-state index is 12.5. The Balaban J connectivity index is 1.57. The van der Waals surface area contributed by atoms with E-state index in [1.807, 2.05) is 64.1 Å². The van der Waals surface area contributed by atoms with Gasteiger partial charge in [-0.05, 0) is 91.3 Å². The van der Waals surface area contributed by atoms with Gasteiger partial charge in [0, 0.05) is 17.3 Å². The number of carbonyl (C=O) groups excluding carboxylic acids is 1. The highest BCUT2D eigenvalue weighted by Crippen LogP contribution is 2.42. The Morgan fingerprint density at radius 3 is 2.02 bits per heavy atom. The lowest BCUT2D eigenvalue weighted by Crippen LogP contribution is -2.28. The normalized spacial score (nSPS) is 13.9. The number of aliphatic hydroxyl groups is 1. The number of hydrogen-bond donors (Lipinski definition) is 1. The van der Waals surface area contributed by atoms with Crippen LogP contribution in [0, 0.1) is 17.8 Å². The van der Waals surface area contributed by atoms with Crippen molar-refractivity contribution >= 4 is 5.97 Å². The monoisotopic (exact) mass is 562 g/mol. The lowest BCUT2D eigenvalue weighted by Gasteiger charge is -2.30. The molecule has 0 bridgehead atoms. The van der Waals surface area contributed by atoms with Crippen molar-refractivity contribution in [1.82, 2.24) is 0 Å². The summed E-state index contributed by atoms with van der Waals surface area (Å²) in [7, 11) is 0. The van der Waals surface area contributed by atoms with E-state index in [0.717, 1.165) is 52.2 Å². The van der Waals surface area contributed by atoms with Gasteiger partial charge in [-0.2, -0.15) is 0 Å². The van der Waals surface area contributed by atoms with Gasteiger partial charge in [-0.25, -0.2) is 0 Å². The number of aliphatic hydroxyl groups excluding tert-OH is 1. The summed E-state index contributed by atoms with van der Waals surface area (Å²) in [4.78, 5) is 12.5. The molecule has 0 unspecified atom stereocenters. The predicted octanol–water partition coefficient (Wildman–Crippen LogP) is 9.35. The van der Waals surface area contributed by atoms with Gasteiger partial charge in [0.05, 0.1) is 5.41 Å². The van der Waals surface area contributed by atoms with E-state index in [9.17, 15) is 9.90 Å². The van der Waals surface area contributed by atoms with E-state index < -0.39 is 5.41 Å². The molecular weight excluding hydrogens is 520 g/mol. The average molecular weight is 563 g/mol. The minimum absolute atomic E-state index is 0.0882. The first kappa shape index (κ1) is 30.7. The minimum atomic E-state index is -0.517. The number of rotatable bonds is 8. The lowest BCUT2D eigenvalue weighted by atomic mass is 9.76. The Morgan fingerprint density at radius 2 is 1.45 bits per heavy atom. The molecule has 1 heterocycles. The number of benzene rings is 3. The average Bonchev–Trinajstić information content (AvgIpc) is 2.98. The van der Waals surface area contributed by atoms with Crippen LogP contribution in [-0.2, 0) is 22.0 Å². The quantitative estimate of drug-likeness (QED) is 0.0764. The van der Waals surface area contributed by atoms with Crippen LogP contribution in [0.15, 0.2) is 84.1 Å². The van der Waals surface area contributed by atoms with Crippen LogP contribution in [0.4, 0.5) is 0 Å². The Hall–Kier alpha value is -4.23. The first-order chi connectivity index (χ1) is 19.7. The maximum absolute atomic E-state index is 12.5. The number of carbonyl (C=O) groups is 1. The highest BCUT2D eigenvalue weighted by Gasteiger charge is 2.30. The molecule has 0 aliphatic carbocycles. The molecule has 0 saturated heterocycles. The number of fused-ring (bicyclic) bond motifs is 2. The zero-order valence-corrected chi connectivity index (χ0v) is 26.1. The van der Waals surface area contributed by atoms with Crippen LogP contribution in [0.2, 0.25) is 0 Å². The molecule has 0 atom stereocenters. The Bertz CT molecular complexity index is 1590. The van der Waals surface area contributed by atoms with Crippen molar-refractivity contribution in [3.05, 3.63) is 112 Å². The lowest BCUT2D eigenvalue weighted by molar-refractivity contribution is -0.144. The number of terminal acetylenes is 1. The summed E-state index contributed by atoms with van der Waals surface area (Å²) < 4.78 is 12.0. The van der Waals surface area contributed by atoms with Crippen LogP contribution in [0.1, 0.15) is 89.6 Å². The summed E-state index contributed by atoms with van der Waals surface area (Å²) in [6.07, 6.45) is 10.2. The van der Waals surface area contributed by atoms with Crippen LogP contribution in [0.5, 0.6) is 17.2 Å². The highest BCUT2D eigenvalue weighted by molar-refractivity contribution is 5.78. The van der Waals surface area contributed by atoms with Gasteiger partial charge in [-0.3, -0.25) is 4.79 Å². The molecule has 1 N–H and O–H groups in total. The van der Waals surface area contributed by atoms with Gasteiger partial charge in [0.25, 0.3) is 0 Å². The molecule has 0 saturated carbocycles. The molecule has 0 fully saturated rings. The summed E-state index contributed by atoms with van der Waals surface area (Å²) in [5.74, 6) is 4.24. The molecule has 3 aromatic carbocycles. The third-order valence-corrected chi connectivity index (χ3v) is 9.01. The minimum Gasteiger partial charge on any atom is -0.501 e. The standard InChI is InChI=1S/C38H42O4/c1-10-31(39)17-12-25(3)37(6,7)29-15-20-33-26(23-29)22-27-24-30(16-21-34(27)42-33)38(8,9)28-13-18-32(19-14-28)41-35(40)36(4,5)11-2/h1,12-21,23-24,39H,11,22H2,2-9H3/b25-12+,31-17+. The number of ether oxygens (including phenoxy) is 2. The third kappa shape index (κ3) is 6.16. The summed E-state index contributed by atoms with van der Waals surface area (Å²) in [6, 6.07) is 20.6. The van der Waals surface area contributed by atoms with Gasteiger partial charge >= 0.3 is 5.97 Å². The zero-order valence-electron chi connectivity index (χ0n) is 26.1. The second-order valence-electron chi connectivity index (χ2n) is 12.9. The van der Waals surface area contributed by atoms with E-state index in [1.54, 1.807) is 6.08 Å². The van der Waals surface area contributed by atoms with Crippen molar-refractivity contribution in [3.8, 4) is 29.6 Å². The fraction of sp³-hybridized carbons (Fsp3) is 0.342. The molecule has 4 heteroatoms. The van der Waals surface area contributed by atoms with E-state index in [2.05, 4.69) is 63.9 Å². The van der Waals surface area contributed by atoms with Gasteiger partial charge in [0.1, 0.15) is 17.2 Å². The molecule has 1 aliphatic heterocycles. The highest BCUT2D eigenvalue weighted by atomic mass is 16.5. The predicted molar refractivity (Wildman–Crippen MR) is 170 cm³/mol. The molecule has 218 valence electrons. The van der Waals surface area contributed by atoms with Gasteiger partial charge in [0.15, 0.2) is 5.76 Å². The third-order valence-electron chi connectivity index (χ3n) is 9.01. The summed E-state index contributed by atoms with van der Waals surface area (Å²) in [6.45, 7) is 16.6. The molecule has 3 aromatic rings. The number of hydrogen-bond acceptors (Lipinski definition) is 4. The van der Waals surface area contributed by atoms with Crippen molar-refractivity contribution in [2.24, 2.45) is 5.41 Å². The van der Waals surface area contributed by atoms with Crippen molar-refractivity contribution < 1.29 is 19.4 Å². The zero-order chi connectivity index (χ0) is 30.9. The van der Waals surface area contributed by atoms with Gasteiger partial charge < -0.3 is 14.6 Å². The van der Waals surface area contributed by atoms with Gasteiger partial charge in [0.2, 0.25) is 0 Å². The largest absolute Gasteiger partial charge is 0.501 e. The Morgan fingerprint density at radius 1 is 0.905 bits per heavy atom. The topological polar surface area (TPSA) is 55.8 Å². The van der Waals surface area contributed by atoms with Crippen molar-refractivity contribution in [2.45, 2.75) is 79.1 Å². The molecule has 0 amide bonds. The van der Waals surface area contributed by atoms with Gasteiger partial charge in [-0.1, -0.05) is 82.7 Å². The maximum Gasteiger partial charge on any atom is 0.316 e. The summed E-state index contributed by atoms with van der Waals surface area (Å²) >= 11 is 0. The fourth-order valence-corrected chi connectivity index (χ4v) is 4.92. The van der Waals surface area contributed by atoms with Crippen LogP contribution >= 0.6 is 0 Å². The smallest absolute Gasteiger partial charge is 0.316 e. The molecule has 0 aromatic heterocycles. The van der Waals surface area contributed by atoms with Crippen molar-refractivity contribution in [1.29, 1.82) is 0 Å². The molecule has 42 heavy (non-hydrogen) atoms. The Kier molecular flexibility index (Phi) is 8.46. The second kappa shape index (κ2) is 11.6. The first-order valence-electron chi connectivity index (χ1n) is 14.5. The van der Waals surface area contributed by atoms with E-state index in [0.29, 0.717) is 5.75 Å². The molecule has 1 aliphatic rings. The van der Waals surface area contributed by atoms with Crippen LogP contribution in [0.3, 0.4) is 0 Å². The second-order valence-corrected chi connectivity index (χ2v) is 12.9. The fourth-order valence-electron chi connectivity index (χ4n) is 4.92. The van der Waals surface area contributed by atoms with Crippen LogP contribution < -0.4 is 9.47 Å². The van der Waals surface area contributed by atoms with E-state index in [-0.39, 0.29) is 22.6 Å². The number of allylic oxidation sites excluding steroid dienone is 4. The van der Waals surface area contributed by atoms with Crippen molar-refractivity contribution in [3.63, 3.8) is 0 Å². The van der Waals surface area contributed by atoms with Crippen molar-refractivity contribution in [2.75, 3.05) is 0 Å². The first-order valence-corrected chi connectivity index (χ1v) is 14.5. The molecular formula is C38H42O4. The molecule has 0 spiro atoms. The molecule has 4 nitrogen and oxygen atoms in total. The number of esters is 1. The Labute approximate surface area is 251 Å².